The summed E-state index contributed by atoms with van der Waals surface area (Å²) < 4.78 is 43.4. The summed E-state index contributed by atoms with van der Waals surface area (Å²) in [6.07, 6.45) is 1.87. The number of aromatic nitrogens is 2. The zero-order chi connectivity index (χ0) is 21.0. The van der Waals surface area contributed by atoms with E-state index >= 15 is 0 Å². The van der Waals surface area contributed by atoms with E-state index in [4.69, 9.17) is 16.3 Å². The van der Waals surface area contributed by atoms with Crippen LogP contribution in [0.3, 0.4) is 0 Å². The van der Waals surface area contributed by atoms with E-state index in [1.165, 1.54) is 12.1 Å². The van der Waals surface area contributed by atoms with Gasteiger partial charge in [-0.3, -0.25) is 0 Å². The number of sulfone groups is 1. The molecule has 0 aliphatic carbocycles. The van der Waals surface area contributed by atoms with Crippen LogP contribution in [-0.4, -0.2) is 24.4 Å². The van der Waals surface area contributed by atoms with Crippen molar-refractivity contribution in [3.8, 4) is 5.75 Å². The molecule has 1 aromatic heterocycles. The number of hydrogen-bond acceptors (Lipinski definition) is 6. The van der Waals surface area contributed by atoms with Crippen LogP contribution in [0, 0.1) is 5.82 Å². The monoisotopic (exact) mass is 434 g/mol. The average molecular weight is 435 g/mol. The molecule has 0 atom stereocenters. The molecule has 0 spiro atoms. The highest BCUT2D eigenvalue weighted by atomic mass is 35.5. The van der Waals surface area contributed by atoms with Gasteiger partial charge in [-0.05, 0) is 41.8 Å². The van der Waals surface area contributed by atoms with Crippen molar-refractivity contribution in [2.24, 2.45) is 0 Å². The molecule has 0 radical (unpaired) electrons. The van der Waals surface area contributed by atoms with Gasteiger partial charge >= 0.3 is 5.97 Å². The smallest absolute Gasteiger partial charge is 0.364 e. The number of carbonyl (C=O) groups is 1. The molecule has 1 heterocycles. The second-order valence-corrected chi connectivity index (χ2v) is 8.41. The maximum absolute atomic E-state index is 13.0. The van der Waals surface area contributed by atoms with E-state index in [9.17, 15) is 17.6 Å². The summed E-state index contributed by atoms with van der Waals surface area (Å²) in [7, 11) is -3.99. The summed E-state index contributed by atoms with van der Waals surface area (Å²) in [4.78, 5) is 20.0. The van der Waals surface area contributed by atoms with Crippen molar-refractivity contribution >= 4 is 27.4 Å². The first-order valence-corrected chi connectivity index (χ1v) is 10.6. The number of carbonyl (C=O) groups excluding carboxylic acids is 1. The molecule has 6 nitrogen and oxygen atoms in total. The van der Waals surface area contributed by atoms with Gasteiger partial charge in [-0.2, -0.15) is 0 Å². The quantitative estimate of drug-likeness (QED) is 0.331. The van der Waals surface area contributed by atoms with Gasteiger partial charge in [0.1, 0.15) is 11.6 Å². The third kappa shape index (κ3) is 5.16. The molecule has 0 fully saturated rings. The molecule has 3 aromatic rings. The largest absolute Gasteiger partial charge is 0.422 e. The Bertz CT molecular complexity index is 1130. The fraction of sp³-hybridized carbons (Fsp3) is 0.150. The molecule has 0 aliphatic rings. The highest BCUT2D eigenvalue weighted by Gasteiger charge is 2.24. The lowest BCUT2D eigenvalue weighted by Gasteiger charge is -2.08. The van der Waals surface area contributed by atoms with Crippen LogP contribution in [0.1, 0.15) is 28.5 Å². The lowest BCUT2D eigenvalue weighted by atomic mass is 10.2. The zero-order valence-electron chi connectivity index (χ0n) is 15.3. The van der Waals surface area contributed by atoms with Gasteiger partial charge in [0.15, 0.2) is 5.69 Å². The Kier molecular flexibility index (Phi) is 6.24. The van der Waals surface area contributed by atoms with Gasteiger partial charge in [-0.15, -0.1) is 0 Å². The first-order chi connectivity index (χ1) is 13.8. The van der Waals surface area contributed by atoms with Crippen LogP contribution in [0.15, 0.2) is 59.9 Å². The Morgan fingerprint density at radius 3 is 2.31 bits per heavy atom. The molecule has 0 unspecified atom stereocenters. The second kappa shape index (κ2) is 8.67. The van der Waals surface area contributed by atoms with Gasteiger partial charge in [0.25, 0.3) is 0 Å². The number of hydrogen-bond donors (Lipinski definition) is 0. The van der Waals surface area contributed by atoms with Gasteiger partial charge in [-0.1, -0.05) is 42.8 Å². The molecule has 0 aliphatic heterocycles. The van der Waals surface area contributed by atoms with Crippen LogP contribution in [0.5, 0.6) is 5.75 Å². The molecule has 3 rings (SSSR count). The van der Waals surface area contributed by atoms with Crippen LogP contribution in [0.4, 0.5) is 4.39 Å². The van der Waals surface area contributed by atoms with Gasteiger partial charge < -0.3 is 4.74 Å². The lowest BCUT2D eigenvalue weighted by Crippen LogP contribution is -2.16. The standard InChI is InChI=1S/C20H16ClFN2O4S/c1-2-13-5-9-16(10-6-13)28-19(25)18-17(21)11-23-20(24-18)29(26,27)12-14-3-7-15(22)8-4-14/h3-11H,2,12H2,1H3. The minimum Gasteiger partial charge on any atom is -0.422 e. The minimum absolute atomic E-state index is 0.138. The predicted molar refractivity (Wildman–Crippen MR) is 105 cm³/mol. The number of rotatable bonds is 6. The van der Waals surface area contributed by atoms with Gasteiger partial charge in [0.2, 0.25) is 15.0 Å². The second-order valence-electron chi connectivity index (χ2n) is 6.12. The zero-order valence-corrected chi connectivity index (χ0v) is 16.9. The molecular weight excluding hydrogens is 419 g/mol. The van der Waals surface area contributed by atoms with E-state index in [0.29, 0.717) is 5.56 Å². The maximum atomic E-state index is 13.0. The first-order valence-electron chi connectivity index (χ1n) is 8.59. The van der Waals surface area contributed by atoms with E-state index in [0.717, 1.165) is 30.3 Å². The normalized spacial score (nSPS) is 11.3. The first kappa shape index (κ1) is 20.9. The van der Waals surface area contributed by atoms with Crippen LogP contribution in [0.25, 0.3) is 0 Å². The summed E-state index contributed by atoms with van der Waals surface area (Å²) in [6, 6.07) is 11.9. The van der Waals surface area contributed by atoms with Crippen molar-refractivity contribution in [3.63, 3.8) is 0 Å². The van der Waals surface area contributed by atoms with Crippen LogP contribution >= 0.6 is 11.6 Å². The highest BCUT2D eigenvalue weighted by molar-refractivity contribution is 7.90. The molecule has 0 amide bonds. The van der Waals surface area contributed by atoms with Crippen LogP contribution < -0.4 is 4.74 Å². The summed E-state index contributed by atoms with van der Waals surface area (Å²) in [6.45, 7) is 2.00. The van der Waals surface area contributed by atoms with E-state index in [1.807, 2.05) is 19.1 Å². The molecule has 9 heteroatoms. The van der Waals surface area contributed by atoms with Crippen molar-refractivity contribution in [1.82, 2.24) is 9.97 Å². The molecule has 0 saturated carbocycles. The van der Waals surface area contributed by atoms with E-state index < -0.39 is 32.5 Å². The van der Waals surface area contributed by atoms with Crippen LogP contribution in [0.2, 0.25) is 5.02 Å². The van der Waals surface area contributed by atoms with Gasteiger partial charge in [-0.25, -0.2) is 27.6 Å². The van der Waals surface area contributed by atoms with E-state index in [1.54, 1.807) is 12.1 Å². The average Bonchev–Trinajstić information content (AvgIpc) is 2.70. The van der Waals surface area contributed by atoms with Crippen molar-refractivity contribution in [3.05, 3.63) is 82.4 Å². The summed E-state index contributed by atoms with van der Waals surface area (Å²) in [5.41, 5.74) is 1.06. The third-order valence-electron chi connectivity index (χ3n) is 4.01. The Labute approximate surface area is 172 Å². The number of nitrogens with zero attached hydrogens (tertiary/aromatic N) is 2. The molecular formula is C20H16ClFN2O4S. The van der Waals surface area contributed by atoms with E-state index in [-0.39, 0.29) is 16.5 Å². The molecule has 0 saturated heterocycles. The Hall–Kier alpha value is -2.84. The van der Waals surface area contributed by atoms with Gasteiger partial charge in [0.05, 0.1) is 17.0 Å². The fourth-order valence-electron chi connectivity index (χ4n) is 2.46. The lowest BCUT2D eigenvalue weighted by molar-refractivity contribution is 0.0727. The number of halogens is 2. The molecule has 150 valence electrons. The molecule has 2 aromatic carbocycles. The van der Waals surface area contributed by atoms with Crippen molar-refractivity contribution in [1.29, 1.82) is 0 Å². The Morgan fingerprint density at radius 1 is 1.07 bits per heavy atom. The summed E-state index contributed by atoms with van der Waals surface area (Å²) >= 11 is 5.97. The van der Waals surface area contributed by atoms with Crippen molar-refractivity contribution in [2.75, 3.05) is 0 Å². The minimum atomic E-state index is -3.99. The van der Waals surface area contributed by atoms with Crippen LogP contribution in [-0.2, 0) is 22.0 Å². The maximum Gasteiger partial charge on any atom is 0.364 e. The predicted octanol–water partition coefficient (Wildman–Crippen LogP) is 4.02. The topological polar surface area (TPSA) is 86.2 Å². The Morgan fingerprint density at radius 2 is 1.69 bits per heavy atom. The van der Waals surface area contributed by atoms with Gasteiger partial charge in [0, 0.05) is 0 Å². The summed E-state index contributed by atoms with van der Waals surface area (Å²) in [5, 5.41) is -0.708. The van der Waals surface area contributed by atoms with E-state index in [2.05, 4.69) is 9.97 Å². The number of benzene rings is 2. The fourth-order valence-corrected chi connectivity index (χ4v) is 3.83. The number of ether oxygens (including phenoxy) is 1. The summed E-state index contributed by atoms with van der Waals surface area (Å²) in [5.74, 6) is -1.56. The van der Waals surface area contributed by atoms with Crippen molar-refractivity contribution < 1.29 is 22.3 Å². The molecule has 29 heavy (non-hydrogen) atoms. The SMILES string of the molecule is CCc1ccc(OC(=O)c2nc(S(=O)(=O)Cc3ccc(F)cc3)ncc2Cl)cc1. The molecule has 0 N–H and O–H groups in total. The highest BCUT2D eigenvalue weighted by Crippen LogP contribution is 2.20. The number of aryl methyl sites for hydroxylation is 1. The van der Waals surface area contributed by atoms with Crippen molar-refractivity contribution in [2.45, 2.75) is 24.3 Å². The Balaban J connectivity index is 1.84. The molecule has 0 bridgehead atoms. The third-order valence-corrected chi connectivity index (χ3v) is 5.75. The number of esters is 1.